The van der Waals surface area contributed by atoms with Crippen LogP contribution in [0.4, 0.5) is 0 Å². The third kappa shape index (κ3) is 3.22. The highest BCUT2D eigenvalue weighted by molar-refractivity contribution is 5.99. The van der Waals surface area contributed by atoms with Crippen molar-refractivity contribution >= 4 is 11.7 Å². The molecule has 0 radical (unpaired) electrons. The van der Waals surface area contributed by atoms with Crippen LogP contribution in [0.5, 0.6) is 0 Å². The summed E-state index contributed by atoms with van der Waals surface area (Å²) in [5, 5.41) is 2.94. The molecular formula is C14H20N2O2. The van der Waals surface area contributed by atoms with Gasteiger partial charge in [0.15, 0.2) is 5.78 Å². The minimum atomic E-state index is -0.118. The van der Waals surface area contributed by atoms with Crippen molar-refractivity contribution in [3.8, 4) is 0 Å². The van der Waals surface area contributed by atoms with Gasteiger partial charge in [-0.2, -0.15) is 0 Å². The number of carbonyl (C=O) groups is 2. The van der Waals surface area contributed by atoms with Crippen molar-refractivity contribution in [2.45, 2.75) is 39.0 Å². The lowest BCUT2D eigenvalue weighted by Gasteiger charge is -2.21. The number of rotatable bonds is 4. The van der Waals surface area contributed by atoms with Crippen molar-refractivity contribution in [3.63, 3.8) is 0 Å². The third-order valence-electron chi connectivity index (χ3n) is 3.61. The molecule has 0 spiro atoms. The van der Waals surface area contributed by atoms with Crippen LogP contribution in [0.15, 0.2) is 12.3 Å². The molecule has 4 nitrogen and oxygen atoms in total. The number of Topliss-reactive ketones (excluding diaryl/α,β-unsaturated/α-hetero) is 1. The van der Waals surface area contributed by atoms with Gasteiger partial charge in [0.05, 0.1) is 0 Å². The van der Waals surface area contributed by atoms with Gasteiger partial charge in [-0.1, -0.05) is 19.3 Å². The van der Waals surface area contributed by atoms with E-state index in [2.05, 4.69) is 10.3 Å². The first kappa shape index (κ1) is 12.9. The normalized spacial score (nSPS) is 16.5. The SMILES string of the molecule is CC(=O)c1c[nH]c(C(=O)NCC2CCCCC2)c1. The van der Waals surface area contributed by atoms with Crippen molar-refractivity contribution < 1.29 is 9.59 Å². The Morgan fingerprint density at radius 2 is 2.06 bits per heavy atom. The number of nitrogens with one attached hydrogen (secondary N) is 2. The monoisotopic (exact) mass is 248 g/mol. The minimum Gasteiger partial charge on any atom is -0.356 e. The van der Waals surface area contributed by atoms with E-state index in [1.165, 1.54) is 39.0 Å². The number of aromatic amines is 1. The Hall–Kier alpha value is -1.58. The van der Waals surface area contributed by atoms with Crippen LogP contribution in [-0.2, 0) is 0 Å². The maximum atomic E-state index is 11.9. The Balaban J connectivity index is 1.84. The largest absolute Gasteiger partial charge is 0.356 e. The fourth-order valence-electron chi connectivity index (χ4n) is 2.45. The van der Waals surface area contributed by atoms with E-state index in [4.69, 9.17) is 0 Å². The van der Waals surface area contributed by atoms with Gasteiger partial charge in [-0.25, -0.2) is 0 Å². The van der Waals surface area contributed by atoms with Gasteiger partial charge in [0.2, 0.25) is 0 Å². The highest BCUT2D eigenvalue weighted by atomic mass is 16.2. The first-order chi connectivity index (χ1) is 8.66. The van der Waals surface area contributed by atoms with Crippen molar-refractivity contribution in [2.75, 3.05) is 6.54 Å². The van der Waals surface area contributed by atoms with Crippen LogP contribution >= 0.6 is 0 Å². The number of hydrogen-bond acceptors (Lipinski definition) is 2. The molecule has 0 aromatic carbocycles. The van der Waals surface area contributed by atoms with Gasteiger partial charge in [0, 0.05) is 18.3 Å². The van der Waals surface area contributed by atoms with E-state index in [1.54, 1.807) is 12.3 Å². The van der Waals surface area contributed by atoms with Crippen LogP contribution < -0.4 is 5.32 Å². The number of H-pyrrole nitrogens is 1. The molecule has 1 amide bonds. The molecule has 2 rings (SSSR count). The van der Waals surface area contributed by atoms with E-state index in [1.807, 2.05) is 0 Å². The van der Waals surface area contributed by atoms with Gasteiger partial charge >= 0.3 is 0 Å². The molecule has 1 aliphatic rings. The lowest BCUT2D eigenvalue weighted by Crippen LogP contribution is -2.30. The molecule has 18 heavy (non-hydrogen) atoms. The third-order valence-corrected chi connectivity index (χ3v) is 3.61. The molecule has 1 saturated carbocycles. The summed E-state index contributed by atoms with van der Waals surface area (Å²) >= 11 is 0. The van der Waals surface area contributed by atoms with Gasteiger partial charge in [0.25, 0.3) is 5.91 Å². The molecule has 2 N–H and O–H groups in total. The van der Waals surface area contributed by atoms with Crippen LogP contribution in [0, 0.1) is 5.92 Å². The number of hydrogen-bond donors (Lipinski definition) is 2. The summed E-state index contributed by atoms with van der Waals surface area (Å²) in [5.41, 5.74) is 1.02. The summed E-state index contributed by atoms with van der Waals surface area (Å²) < 4.78 is 0. The van der Waals surface area contributed by atoms with Crippen LogP contribution in [0.3, 0.4) is 0 Å². The highest BCUT2D eigenvalue weighted by Gasteiger charge is 2.16. The quantitative estimate of drug-likeness (QED) is 0.804. The Morgan fingerprint density at radius 3 is 2.67 bits per heavy atom. The second-order valence-corrected chi connectivity index (χ2v) is 5.07. The van der Waals surface area contributed by atoms with E-state index in [0.29, 0.717) is 17.2 Å². The molecule has 1 aromatic rings. The zero-order valence-electron chi connectivity index (χ0n) is 10.8. The lowest BCUT2D eigenvalue weighted by atomic mass is 9.89. The van der Waals surface area contributed by atoms with Crippen molar-refractivity contribution in [3.05, 3.63) is 23.5 Å². The summed E-state index contributed by atoms with van der Waals surface area (Å²) in [4.78, 5) is 25.8. The minimum absolute atomic E-state index is 0.0300. The van der Waals surface area contributed by atoms with Gasteiger partial charge in [-0.05, 0) is 31.7 Å². The molecule has 1 aromatic heterocycles. The topological polar surface area (TPSA) is 62.0 Å². The van der Waals surface area contributed by atoms with Crippen molar-refractivity contribution in [2.24, 2.45) is 5.92 Å². The predicted octanol–water partition coefficient (Wildman–Crippen LogP) is 2.53. The molecule has 1 aliphatic carbocycles. The van der Waals surface area contributed by atoms with E-state index < -0.39 is 0 Å². The molecular weight excluding hydrogens is 228 g/mol. The number of ketones is 1. The highest BCUT2D eigenvalue weighted by Crippen LogP contribution is 2.22. The first-order valence-corrected chi connectivity index (χ1v) is 6.64. The Labute approximate surface area is 107 Å². The average Bonchev–Trinajstić information content (AvgIpc) is 2.87. The maximum absolute atomic E-state index is 11.9. The van der Waals surface area contributed by atoms with Gasteiger partial charge in [-0.15, -0.1) is 0 Å². The van der Waals surface area contributed by atoms with Crippen LogP contribution in [0.1, 0.15) is 59.9 Å². The second-order valence-electron chi connectivity index (χ2n) is 5.07. The van der Waals surface area contributed by atoms with E-state index in [0.717, 1.165) is 6.54 Å². The van der Waals surface area contributed by atoms with E-state index in [9.17, 15) is 9.59 Å². The van der Waals surface area contributed by atoms with E-state index >= 15 is 0 Å². The number of carbonyl (C=O) groups excluding carboxylic acids is 2. The molecule has 0 aliphatic heterocycles. The smallest absolute Gasteiger partial charge is 0.267 e. The fourth-order valence-corrected chi connectivity index (χ4v) is 2.45. The standard InChI is InChI=1S/C14H20N2O2/c1-10(17)12-7-13(15-9-12)14(18)16-8-11-5-3-2-4-6-11/h7,9,11,15H,2-6,8H2,1H3,(H,16,18). The molecule has 0 bridgehead atoms. The zero-order valence-corrected chi connectivity index (χ0v) is 10.8. The average molecular weight is 248 g/mol. The van der Waals surface area contributed by atoms with Crippen LogP contribution in [0.25, 0.3) is 0 Å². The first-order valence-electron chi connectivity index (χ1n) is 6.64. The summed E-state index contributed by atoms with van der Waals surface area (Å²) in [6.45, 7) is 2.24. The van der Waals surface area contributed by atoms with Gasteiger partial charge in [-0.3, -0.25) is 9.59 Å². The van der Waals surface area contributed by atoms with E-state index in [-0.39, 0.29) is 11.7 Å². The Kier molecular flexibility index (Phi) is 4.18. The molecule has 1 fully saturated rings. The molecule has 4 heteroatoms. The van der Waals surface area contributed by atoms with Crippen LogP contribution in [0.2, 0.25) is 0 Å². The van der Waals surface area contributed by atoms with Crippen molar-refractivity contribution in [1.29, 1.82) is 0 Å². The molecule has 0 atom stereocenters. The van der Waals surface area contributed by atoms with Crippen molar-refractivity contribution in [1.82, 2.24) is 10.3 Å². The predicted molar refractivity (Wildman–Crippen MR) is 69.7 cm³/mol. The molecule has 1 heterocycles. The number of aromatic nitrogens is 1. The summed E-state index contributed by atoms with van der Waals surface area (Å²) in [5.74, 6) is 0.468. The zero-order chi connectivity index (χ0) is 13.0. The summed E-state index contributed by atoms with van der Waals surface area (Å²) in [6, 6.07) is 1.61. The Morgan fingerprint density at radius 1 is 1.33 bits per heavy atom. The van der Waals surface area contributed by atoms with Gasteiger partial charge < -0.3 is 10.3 Å². The lowest BCUT2D eigenvalue weighted by molar-refractivity contribution is 0.0939. The van der Waals surface area contributed by atoms with Crippen LogP contribution in [-0.4, -0.2) is 23.2 Å². The Bertz CT molecular complexity index is 431. The second kappa shape index (κ2) is 5.85. The molecule has 0 unspecified atom stereocenters. The maximum Gasteiger partial charge on any atom is 0.267 e. The number of amides is 1. The molecule has 0 saturated heterocycles. The summed E-state index contributed by atoms with van der Waals surface area (Å²) in [7, 11) is 0. The fraction of sp³-hybridized carbons (Fsp3) is 0.571. The summed E-state index contributed by atoms with van der Waals surface area (Å²) in [6.07, 6.45) is 7.88. The van der Waals surface area contributed by atoms with Gasteiger partial charge in [0.1, 0.15) is 5.69 Å². The molecule has 98 valence electrons.